The van der Waals surface area contributed by atoms with Crippen molar-refractivity contribution < 1.29 is 9.84 Å². The first-order valence-electron chi connectivity index (χ1n) is 6.68. The minimum Gasteiger partial charge on any atom is -0.388 e. The van der Waals surface area contributed by atoms with Crippen LogP contribution in [0.1, 0.15) is 56.4 Å². The molecular weight excluding hydrogens is 216 g/mol. The SMILES string of the molecule is OC(c1cnn(C2CCCCO2)c1)C1CCC1. The Hall–Kier alpha value is -0.870. The van der Waals surface area contributed by atoms with Gasteiger partial charge in [0.25, 0.3) is 0 Å². The second kappa shape index (κ2) is 4.78. The van der Waals surface area contributed by atoms with Crippen molar-refractivity contribution in [1.29, 1.82) is 0 Å². The number of aliphatic hydroxyl groups excluding tert-OH is 1. The maximum atomic E-state index is 10.2. The molecule has 0 bridgehead atoms. The lowest BCUT2D eigenvalue weighted by molar-refractivity contribution is -0.0397. The van der Waals surface area contributed by atoms with Gasteiger partial charge in [-0.25, -0.2) is 4.68 Å². The Morgan fingerprint density at radius 1 is 1.29 bits per heavy atom. The maximum Gasteiger partial charge on any atom is 0.150 e. The molecule has 94 valence electrons. The van der Waals surface area contributed by atoms with Crippen molar-refractivity contribution in [3.05, 3.63) is 18.0 Å². The van der Waals surface area contributed by atoms with Crippen molar-refractivity contribution in [3.63, 3.8) is 0 Å². The van der Waals surface area contributed by atoms with Crippen molar-refractivity contribution >= 4 is 0 Å². The van der Waals surface area contributed by atoms with Crippen molar-refractivity contribution in [1.82, 2.24) is 9.78 Å². The number of rotatable bonds is 3. The molecule has 2 heterocycles. The highest BCUT2D eigenvalue weighted by Gasteiger charge is 2.28. The Bertz CT molecular complexity index is 351. The van der Waals surface area contributed by atoms with Gasteiger partial charge in [-0.15, -0.1) is 0 Å². The van der Waals surface area contributed by atoms with E-state index < -0.39 is 0 Å². The summed E-state index contributed by atoms with van der Waals surface area (Å²) >= 11 is 0. The second-order valence-corrected chi connectivity index (χ2v) is 5.21. The zero-order chi connectivity index (χ0) is 11.7. The molecule has 1 saturated heterocycles. The molecule has 0 spiro atoms. The van der Waals surface area contributed by atoms with E-state index in [1.54, 1.807) is 6.20 Å². The molecule has 2 fully saturated rings. The number of nitrogens with zero attached hydrogens (tertiary/aromatic N) is 2. The highest BCUT2D eigenvalue weighted by atomic mass is 16.5. The van der Waals surface area contributed by atoms with Gasteiger partial charge in [-0.1, -0.05) is 6.42 Å². The number of hydrogen-bond acceptors (Lipinski definition) is 3. The fourth-order valence-corrected chi connectivity index (χ4v) is 2.62. The molecule has 17 heavy (non-hydrogen) atoms. The number of ether oxygens (including phenoxy) is 1. The van der Waals surface area contributed by atoms with E-state index in [0.717, 1.165) is 37.9 Å². The van der Waals surface area contributed by atoms with E-state index in [4.69, 9.17) is 4.74 Å². The summed E-state index contributed by atoms with van der Waals surface area (Å²) < 4.78 is 7.55. The van der Waals surface area contributed by atoms with Gasteiger partial charge in [0.05, 0.1) is 12.3 Å². The third-order valence-corrected chi connectivity index (χ3v) is 4.01. The van der Waals surface area contributed by atoms with Crippen LogP contribution in [-0.2, 0) is 4.74 Å². The van der Waals surface area contributed by atoms with Crippen LogP contribution in [0.5, 0.6) is 0 Å². The summed E-state index contributed by atoms with van der Waals surface area (Å²) in [5.41, 5.74) is 0.948. The summed E-state index contributed by atoms with van der Waals surface area (Å²) in [5.74, 6) is 0.444. The van der Waals surface area contributed by atoms with Crippen LogP contribution >= 0.6 is 0 Å². The molecule has 2 atom stereocenters. The van der Waals surface area contributed by atoms with Gasteiger partial charge >= 0.3 is 0 Å². The molecule has 2 unspecified atom stereocenters. The zero-order valence-electron chi connectivity index (χ0n) is 10.1. The fourth-order valence-electron chi connectivity index (χ4n) is 2.62. The zero-order valence-corrected chi connectivity index (χ0v) is 10.1. The number of aliphatic hydroxyl groups is 1. The molecule has 1 N–H and O–H groups in total. The van der Waals surface area contributed by atoms with Crippen molar-refractivity contribution in [3.8, 4) is 0 Å². The fraction of sp³-hybridized carbons (Fsp3) is 0.769. The van der Waals surface area contributed by atoms with Crippen LogP contribution in [0.4, 0.5) is 0 Å². The van der Waals surface area contributed by atoms with Crippen LogP contribution in [-0.4, -0.2) is 21.5 Å². The van der Waals surface area contributed by atoms with E-state index in [1.807, 2.05) is 10.9 Å². The Morgan fingerprint density at radius 3 is 2.82 bits per heavy atom. The van der Waals surface area contributed by atoms with E-state index >= 15 is 0 Å². The van der Waals surface area contributed by atoms with Gasteiger partial charge in [-0.05, 0) is 38.0 Å². The van der Waals surface area contributed by atoms with Crippen LogP contribution < -0.4 is 0 Å². The molecule has 3 rings (SSSR count). The first-order chi connectivity index (χ1) is 8.34. The highest BCUT2D eigenvalue weighted by molar-refractivity contribution is 5.10. The molecule has 4 heteroatoms. The summed E-state index contributed by atoms with van der Waals surface area (Å²) in [6.07, 6.45) is 10.4. The van der Waals surface area contributed by atoms with Gasteiger partial charge in [-0.3, -0.25) is 0 Å². The lowest BCUT2D eigenvalue weighted by Crippen LogP contribution is -2.20. The Labute approximate surface area is 102 Å². The molecule has 0 amide bonds. The van der Waals surface area contributed by atoms with Gasteiger partial charge in [-0.2, -0.15) is 5.10 Å². The predicted octanol–water partition coefficient (Wildman–Crippen LogP) is 2.42. The smallest absolute Gasteiger partial charge is 0.150 e. The lowest BCUT2D eigenvalue weighted by atomic mass is 9.79. The standard InChI is InChI=1S/C13H20N2O2/c16-13(10-4-3-5-10)11-8-14-15(9-11)12-6-1-2-7-17-12/h8-10,12-13,16H,1-7H2. The lowest BCUT2D eigenvalue weighted by Gasteiger charge is -2.29. The minimum atomic E-state index is -0.332. The summed E-state index contributed by atoms with van der Waals surface area (Å²) in [4.78, 5) is 0. The number of hydrogen-bond donors (Lipinski definition) is 1. The maximum absolute atomic E-state index is 10.2. The van der Waals surface area contributed by atoms with Crippen molar-refractivity contribution in [2.24, 2.45) is 5.92 Å². The number of aromatic nitrogens is 2. The molecule has 1 aromatic heterocycles. The van der Waals surface area contributed by atoms with E-state index in [1.165, 1.54) is 12.8 Å². The molecule has 1 aliphatic heterocycles. The summed E-state index contributed by atoms with van der Waals surface area (Å²) in [6, 6.07) is 0. The molecular formula is C13H20N2O2. The Balaban J connectivity index is 1.68. The molecule has 1 aliphatic carbocycles. The van der Waals surface area contributed by atoms with Gasteiger partial charge in [0.1, 0.15) is 6.23 Å². The summed E-state index contributed by atoms with van der Waals surface area (Å²) in [5, 5.41) is 14.5. The quantitative estimate of drug-likeness (QED) is 0.876. The van der Waals surface area contributed by atoms with Crippen LogP contribution in [0.2, 0.25) is 0 Å². The van der Waals surface area contributed by atoms with Crippen LogP contribution in [0.15, 0.2) is 12.4 Å². The monoisotopic (exact) mass is 236 g/mol. The van der Waals surface area contributed by atoms with Crippen molar-refractivity contribution in [2.45, 2.75) is 50.9 Å². The molecule has 1 saturated carbocycles. The summed E-state index contributed by atoms with van der Waals surface area (Å²) in [7, 11) is 0. The first-order valence-corrected chi connectivity index (χ1v) is 6.68. The second-order valence-electron chi connectivity index (χ2n) is 5.21. The summed E-state index contributed by atoms with van der Waals surface area (Å²) in [6.45, 7) is 0.824. The molecule has 1 aromatic rings. The van der Waals surface area contributed by atoms with Crippen molar-refractivity contribution in [2.75, 3.05) is 6.61 Å². The Kier molecular flexibility index (Phi) is 3.16. The van der Waals surface area contributed by atoms with Gasteiger partial charge in [0, 0.05) is 18.4 Å². The minimum absolute atomic E-state index is 0.0751. The van der Waals surface area contributed by atoms with E-state index in [9.17, 15) is 5.11 Å². The normalized spacial score (nSPS) is 27.7. The topological polar surface area (TPSA) is 47.3 Å². The van der Waals surface area contributed by atoms with Crippen LogP contribution in [0.25, 0.3) is 0 Å². The van der Waals surface area contributed by atoms with E-state index in [2.05, 4.69) is 5.10 Å². The first kappa shape index (κ1) is 11.2. The highest BCUT2D eigenvalue weighted by Crippen LogP contribution is 2.37. The van der Waals surface area contributed by atoms with Gasteiger partial charge < -0.3 is 9.84 Å². The van der Waals surface area contributed by atoms with E-state index in [-0.39, 0.29) is 12.3 Å². The molecule has 2 aliphatic rings. The van der Waals surface area contributed by atoms with Gasteiger partial charge in [0.15, 0.2) is 0 Å². The van der Waals surface area contributed by atoms with Crippen LogP contribution in [0, 0.1) is 5.92 Å². The Morgan fingerprint density at radius 2 is 2.18 bits per heavy atom. The average molecular weight is 236 g/mol. The average Bonchev–Trinajstić information content (AvgIpc) is 2.77. The third-order valence-electron chi connectivity index (χ3n) is 4.01. The molecule has 4 nitrogen and oxygen atoms in total. The largest absolute Gasteiger partial charge is 0.388 e. The molecule has 0 aromatic carbocycles. The third kappa shape index (κ3) is 2.24. The van der Waals surface area contributed by atoms with E-state index in [0.29, 0.717) is 5.92 Å². The van der Waals surface area contributed by atoms with Gasteiger partial charge in [0.2, 0.25) is 0 Å². The molecule has 0 radical (unpaired) electrons. The van der Waals surface area contributed by atoms with Crippen LogP contribution in [0.3, 0.4) is 0 Å². The predicted molar refractivity (Wildman–Crippen MR) is 63.4 cm³/mol.